The van der Waals surface area contributed by atoms with Crippen molar-refractivity contribution in [2.24, 2.45) is 5.41 Å². The third-order valence-corrected chi connectivity index (χ3v) is 3.17. The zero-order valence-corrected chi connectivity index (χ0v) is 9.03. The van der Waals surface area contributed by atoms with E-state index in [4.69, 9.17) is 0 Å². The average molecular weight is 207 g/mol. The molecule has 15 heavy (non-hydrogen) atoms. The van der Waals surface area contributed by atoms with Crippen LogP contribution in [0.2, 0.25) is 0 Å². The summed E-state index contributed by atoms with van der Waals surface area (Å²) in [6.45, 7) is 2.94. The van der Waals surface area contributed by atoms with Crippen LogP contribution in [0.5, 0.6) is 0 Å². The maximum Gasteiger partial charge on any atom is 0.129 e. The van der Waals surface area contributed by atoms with Crippen molar-refractivity contribution in [3.63, 3.8) is 0 Å². The van der Waals surface area contributed by atoms with E-state index in [1.54, 1.807) is 6.20 Å². The van der Waals surface area contributed by atoms with E-state index in [1.807, 2.05) is 13.0 Å². The van der Waals surface area contributed by atoms with Crippen molar-refractivity contribution in [2.45, 2.75) is 26.2 Å². The van der Waals surface area contributed by atoms with Gasteiger partial charge < -0.3 is 10.4 Å². The molecule has 1 heterocycles. The Morgan fingerprint density at radius 2 is 2.33 bits per heavy atom. The van der Waals surface area contributed by atoms with Gasteiger partial charge in [0.25, 0.3) is 0 Å². The largest absolute Gasteiger partial charge is 0.396 e. The Balaban J connectivity index is 1.92. The Labute approximate surface area is 89.8 Å². The van der Waals surface area contributed by atoms with E-state index in [9.17, 15) is 5.11 Å². The quantitative estimate of drug-likeness (QED) is 0.782. The Morgan fingerprint density at radius 1 is 1.53 bits per heavy atom. The topological polar surface area (TPSA) is 58.0 Å². The normalized spacial score (nSPS) is 18.3. The molecule has 2 N–H and O–H groups in total. The summed E-state index contributed by atoms with van der Waals surface area (Å²) in [5.41, 5.74) is 0.0961. The molecule has 0 saturated heterocycles. The third kappa shape index (κ3) is 2.26. The molecule has 1 aromatic rings. The minimum Gasteiger partial charge on any atom is -0.396 e. The predicted molar refractivity (Wildman–Crippen MR) is 58.6 cm³/mol. The smallest absolute Gasteiger partial charge is 0.129 e. The summed E-state index contributed by atoms with van der Waals surface area (Å²) in [5, 5.41) is 12.6. The molecular formula is C11H17N3O. The van der Waals surface area contributed by atoms with Gasteiger partial charge in [-0.2, -0.15) is 0 Å². The number of rotatable bonds is 4. The summed E-state index contributed by atoms with van der Waals surface area (Å²) in [5.74, 6) is 1.62. The molecule has 0 aromatic carbocycles. The van der Waals surface area contributed by atoms with Crippen LogP contribution < -0.4 is 5.32 Å². The van der Waals surface area contributed by atoms with Gasteiger partial charge in [0.15, 0.2) is 0 Å². The van der Waals surface area contributed by atoms with Crippen molar-refractivity contribution < 1.29 is 5.11 Å². The summed E-state index contributed by atoms with van der Waals surface area (Å²) < 4.78 is 0. The Hall–Kier alpha value is -1.16. The molecule has 0 aliphatic heterocycles. The van der Waals surface area contributed by atoms with Crippen LogP contribution in [0.15, 0.2) is 12.3 Å². The third-order valence-electron chi connectivity index (χ3n) is 3.17. The van der Waals surface area contributed by atoms with Gasteiger partial charge in [-0.15, -0.1) is 0 Å². The zero-order valence-electron chi connectivity index (χ0n) is 9.03. The second kappa shape index (κ2) is 4.14. The van der Waals surface area contributed by atoms with E-state index in [-0.39, 0.29) is 12.0 Å². The first-order chi connectivity index (χ1) is 7.24. The summed E-state index contributed by atoms with van der Waals surface area (Å²) in [6, 6.07) is 1.86. The monoisotopic (exact) mass is 207 g/mol. The van der Waals surface area contributed by atoms with Gasteiger partial charge in [-0.3, -0.25) is 0 Å². The average Bonchev–Trinajstić information content (AvgIpc) is 2.17. The molecule has 0 radical (unpaired) electrons. The standard InChI is InChI=1S/C11H17N3O/c1-9-12-6-3-10(14-9)13-7-11(8-15)4-2-5-11/h3,6,15H,2,4-5,7-8H2,1H3,(H,12,13,14). The molecule has 0 atom stereocenters. The molecule has 1 aromatic heterocycles. The van der Waals surface area contributed by atoms with Gasteiger partial charge in [-0.1, -0.05) is 6.42 Å². The van der Waals surface area contributed by atoms with Gasteiger partial charge in [0, 0.05) is 18.2 Å². The molecule has 1 fully saturated rings. The van der Waals surface area contributed by atoms with Gasteiger partial charge in [0.05, 0.1) is 6.61 Å². The molecule has 4 heteroatoms. The van der Waals surface area contributed by atoms with Crippen LogP contribution in [-0.4, -0.2) is 28.2 Å². The van der Waals surface area contributed by atoms with Gasteiger partial charge in [-0.25, -0.2) is 9.97 Å². The van der Waals surface area contributed by atoms with E-state index in [0.29, 0.717) is 0 Å². The predicted octanol–water partition coefficient (Wildman–Crippen LogP) is 1.36. The number of aromatic nitrogens is 2. The Kier molecular flexibility index (Phi) is 2.86. The first-order valence-corrected chi connectivity index (χ1v) is 5.39. The fourth-order valence-corrected chi connectivity index (χ4v) is 1.90. The lowest BCUT2D eigenvalue weighted by Crippen LogP contribution is -2.39. The molecular weight excluding hydrogens is 190 g/mol. The van der Waals surface area contributed by atoms with E-state index >= 15 is 0 Å². The van der Waals surface area contributed by atoms with Crippen molar-refractivity contribution in [1.82, 2.24) is 9.97 Å². The highest BCUT2D eigenvalue weighted by molar-refractivity contribution is 5.33. The Bertz CT molecular complexity index is 331. The molecule has 1 saturated carbocycles. The Morgan fingerprint density at radius 3 is 2.87 bits per heavy atom. The number of nitrogens with zero attached hydrogens (tertiary/aromatic N) is 2. The fraction of sp³-hybridized carbons (Fsp3) is 0.636. The molecule has 1 aliphatic rings. The number of aryl methyl sites for hydroxylation is 1. The lowest BCUT2D eigenvalue weighted by molar-refractivity contribution is 0.0575. The first kappa shape index (κ1) is 10.4. The van der Waals surface area contributed by atoms with Crippen LogP contribution in [0.1, 0.15) is 25.1 Å². The molecule has 1 aliphatic carbocycles. The summed E-state index contributed by atoms with van der Waals surface area (Å²) in [4.78, 5) is 8.30. The van der Waals surface area contributed by atoms with Crippen molar-refractivity contribution >= 4 is 5.82 Å². The fourth-order valence-electron chi connectivity index (χ4n) is 1.90. The maximum absolute atomic E-state index is 9.30. The van der Waals surface area contributed by atoms with Gasteiger partial charge >= 0.3 is 0 Å². The summed E-state index contributed by atoms with van der Waals surface area (Å²) >= 11 is 0. The van der Waals surface area contributed by atoms with Crippen LogP contribution in [0.3, 0.4) is 0 Å². The van der Waals surface area contributed by atoms with E-state index in [0.717, 1.165) is 31.0 Å². The number of anilines is 1. The molecule has 0 bridgehead atoms. The number of aliphatic hydroxyl groups excluding tert-OH is 1. The SMILES string of the molecule is Cc1nccc(NCC2(CO)CCC2)n1. The number of aliphatic hydroxyl groups is 1. The van der Waals surface area contributed by atoms with Crippen molar-refractivity contribution in [3.05, 3.63) is 18.1 Å². The molecule has 0 unspecified atom stereocenters. The second-order valence-electron chi connectivity index (χ2n) is 4.35. The first-order valence-electron chi connectivity index (χ1n) is 5.39. The van der Waals surface area contributed by atoms with Gasteiger partial charge in [0.2, 0.25) is 0 Å². The van der Waals surface area contributed by atoms with E-state index in [2.05, 4.69) is 15.3 Å². The minimum atomic E-state index is 0.0961. The lowest BCUT2D eigenvalue weighted by Gasteiger charge is -2.40. The second-order valence-corrected chi connectivity index (χ2v) is 4.35. The highest BCUT2D eigenvalue weighted by Crippen LogP contribution is 2.40. The highest BCUT2D eigenvalue weighted by atomic mass is 16.3. The molecule has 4 nitrogen and oxygen atoms in total. The van der Waals surface area contributed by atoms with Crippen LogP contribution in [0, 0.1) is 12.3 Å². The lowest BCUT2D eigenvalue weighted by atomic mass is 9.69. The van der Waals surface area contributed by atoms with E-state index in [1.165, 1.54) is 6.42 Å². The van der Waals surface area contributed by atoms with Crippen molar-refractivity contribution in [2.75, 3.05) is 18.5 Å². The molecule has 0 spiro atoms. The molecule has 2 rings (SSSR count). The van der Waals surface area contributed by atoms with E-state index < -0.39 is 0 Å². The number of hydrogen-bond acceptors (Lipinski definition) is 4. The molecule has 82 valence electrons. The zero-order chi connectivity index (χ0) is 10.7. The van der Waals surface area contributed by atoms with Crippen LogP contribution in [0.4, 0.5) is 5.82 Å². The van der Waals surface area contributed by atoms with Gasteiger partial charge in [0.1, 0.15) is 11.6 Å². The number of nitrogens with one attached hydrogen (secondary N) is 1. The van der Waals surface area contributed by atoms with Crippen LogP contribution in [0.25, 0.3) is 0 Å². The van der Waals surface area contributed by atoms with Gasteiger partial charge in [-0.05, 0) is 25.8 Å². The summed E-state index contributed by atoms with van der Waals surface area (Å²) in [7, 11) is 0. The molecule has 0 amide bonds. The number of hydrogen-bond donors (Lipinski definition) is 2. The van der Waals surface area contributed by atoms with Crippen molar-refractivity contribution in [3.8, 4) is 0 Å². The maximum atomic E-state index is 9.30. The van der Waals surface area contributed by atoms with Crippen molar-refractivity contribution in [1.29, 1.82) is 0 Å². The summed E-state index contributed by atoms with van der Waals surface area (Å²) in [6.07, 6.45) is 5.20. The highest BCUT2D eigenvalue weighted by Gasteiger charge is 2.35. The minimum absolute atomic E-state index is 0.0961. The van der Waals surface area contributed by atoms with Crippen LogP contribution >= 0.6 is 0 Å². The van der Waals surface area contributed by atoms with Crippen LogP contribution in [-0.2, 0) is 0 Å².